The minimum absolute atomic E-state index is 0.259. The number of nitrogen functional groups attached to an aromatic ring is 1. The number of benzene rings is 2. The molecule has 110 valence electrons. The molecule has 2 rings (SSSR count). The highest BCUT2D eigenvalue weighted by Crippen LogP contribution is 2.26. The zero-order chi connectivity index (χ0) is 15.2. The molecular weight excluding hydrogens is 266 g/mol. The van der Waals surface area contributed by atoms with Crippen molar-refractivity contribution in [3.05, 3.63) is 59.7 Å². The van der Waals surface area contributed by atoms with Gasteiger partial charge in [0.1, 0.15) is 0 Å². The molecule has 5 N–H and O–H groups in total. The fourth-order valence-electron chi connectivity index (χ4n) is 2.02. The fourth-order valence-corrected chi connectivity index (χ4v) is 2.02. The average Bonchev–Trinajstić information content (AvgIpc) is 2.50. The van der Waals surface area contributed by atoms with Crippen LogP contribution in [0.25, 0.3) is 0 Å². The quantitative estimate of drug-likeness (QED) is 0.753. The highest BCUT2D eigenvalue weighted by molar-refractivity contribution is 5.89. The van der Waals surface area contributed by atoms with Crippen molar-refractivity contribution in [2.75, 3.05) is 17.7 Å². The van der Waals surface area contributed by atoms with Gasteiger partial charge >= 0.3 is 6.09 Å². The number of rotatable bonds is 4. The Morgan fingerprint density at radius 3 is 2.52 bits per heavy atom. The second kappa shape index (κ2) is 6.76. The van der Waals surface area contributed by atoms with Gasteiger partial charge in [0, 0.05) is 0 Å². The van der Waals surface area contributed by atoms with Crippen LogP contribution in [0.5, 0.6) is 0 Å². The Morgan fingerprint density at radius 2 is 1.90 bits per heavy atom. The van der Waals surface area contributed by atoms with Crippen molar-refractivity contribution >= 4 is 17.5 Å². The summed E-state index contributed by atoms with van der Waals surface area (Å²) in [5, 5.41) is 2.59. The van der Waals surface area contributed by atoms with Gasteiger partial charge in [-0.3, -0.25) is 5.32 Å². The van der Waals surface area contributed by atoms with Crippen molar-refractivity contribution in [1.82, 2.24) is 0 Å². The third-order valence-corrected chi connectivity index (χ3v) is 3.11. The molecule has 1 amide bonds. The van der Waals surface area contributed by atoms with E-state index in [4.69, 9.17) is 16.2 Å². The fraction of sp³-hybridized carbons (Fsp3) is 0.188. The second-order valence-electron chi connectivity index (χ2n) is 4.58. The van der Waals surface area contributed by atoms with E-state index in [0.29, 0.717) is 18.0 Å². The molecular formula is C16H19N3O2. The van der Waals surface area contributed by atoms with Crippen molar-refractivity contribution in [3.63, 3.8) is 0 Å². The largest absolute Gasteiger partial charge is 0.450 e. The Balaban J connectivity index is 2.17. The molecule has 1 atom stereocenters. The van der Waals surface area contributed by atoms with Gasteiger partial charge in [0.25, 0.3) is 0 Å². The molecule has 0 radical (unpaired) electrons. The number of nitrogens with one attached hydrogen (secondary N) is 1. The molecule has 5 heteroatoms. The van der Waals surface area contributed by atoms with Gasteiger partial charge in [-0.15, -0.1) is 0 Å². The normalized spacial score (nSPS) is 11.7. The lowest BCUT2D eigenvalue weighted by atomic mass is 9.99. The number of ether oxygens (including phenoxy) is 1. The first-order valence-corrected chi connectivity index (χ1v) is 6.75. The van der Waals surface area contributed by atoms with E-state index in [1.165, 1.54) is 0 Å². The van der Waals surface area contributed by atoms with Crippen molar-refractivity contribution < 1.29 is 9.53 Å². The summed E-state index contributed by atoms with van der Waals surface area (Å²) in [5.74, 6) is 0. The van der Waals surface area contributed by atoms with Gasteiger partial charge in [0.2, 0.25) is 0 Å². The number of nitrogens with two attached hydrogens (primary N) is 2. The molecule has 1 unspecified atom stereocenters. The molecule has 0 saturated heterocycles. The first-order valence-electron chi connectivity index (χ1n) is 6.75. The molecule has 0 fully saturated rings. The van der Waals surface area contributed by atoms with Gasteiger partial charge in [-0.1, -0.05) is 36.4 Å². The van der Waals surface area contributed by atoms with Crippen LogP contribution < -0.4 is 16.8 Å². The number of anilines is 2. The Morgan fingerprint density at radius 1 is 1.19 bits per heavy atom. The Labute approximate surface area is 123 Å². The zero-order valence-electron chi connectivity index (χ0n) is 11.9. The van der Waals surface area contributed by atoms with E-state index in [-0.39, 0.29) is 6.04 Å². The minimum Gasteiger partial charge on any atom is -0.450 e. The molecule has 0 aromatic heterocycles. The second-order valence-corrected chi connectivity index (χ2v) is 4.58. The predicted molar refractivity (Wildman–Crippen MR) is 84.0 cm³/mol. The van der Waals surface area contributed by atoms with E-state index < -0.39 is 6.09 Å². The molecule has 21 heavy (non-hydrogen) atoms. The number of carbonyl (C=O) groups excluding carboxylic acids is 1. The number of hydrogen-bond donors (Lipinski definition) is 3. The molecule has 2 aromatic carbocycles. The summed E-state index contributed by atoms with van der Waals surface area (Å²) in [6.07, 6.45) is -0.524. The number of amides is 1. The lowest BCUT2D eigenvalue weighted by Crippen LogP contribution is -2.16. The van der Waals surface area contributed by atoms with Crippen LogP contribution in [0.4, 0.5) is 16.2 Å². The van der Waals surface area contributed by atoms with Crippen LogP contribution in [0.2, 0.25) is 0 Å². The van der Waals surface area contributed by atoms with Gasteiger partial charge in [-0.2, -0.15) is 0 Å². The van der Waals surface area contributed by atoms with E-state index >= 15 is 0 Å². The van der Waals surface area contributed by atoms with Crippen LogP contribution in [0, 0.1) is 0 Å². The third-order valence-electron chi connectivity index (χ3n) is 3.11. The molecule has 0 heterocycles. The lowest BCUT2D eigenvalue weighted by Gasteiger charge is -2.15. The molecule has 0 aliphatic rings. The van der Waals surface area contributed by atoms with Gasteiger partial charge in [-0.05, 0) is 30.2 Å². The summed E-state index contributed by atoms with van der Waals surface area (Å²) in [6, 6.07) is 14.8. The van der Waals surface area contributed by atoms with Crippen LogP contribution in [0.3, 0.4) is 0 Å². The van der Waals surface area contributed by atoms with E-state index in [1.54, 1.807) is 19.1 Å². The standard InChI is InChI=1S/C16H19N3O2/c1-2-21-16(20)19-14-9-8-12(10-13(14)17)15(18)11-6-4-3-5-7-11/h3-10,15H,2,17-18H2,1H3,(H,19,20). The maximum absolute atomic E-state index is 11.4. The minimum atomic E-state index is -0.524. The van der Waals surface area contributed by atoms with Crippen LogP contribution in [0.15, 0.2) is 48.5 Å². The van der Waals surface area contributed by atoms with E-state index in [9.17, 15) is 4.79 Å². The Bertz CT molecular complexity index is 614. The smallest absolute Gasteiger partial charge is 0.411 e. The molecule has 0 bridgehead atoms. The SMILES string of the molecule is CCOC(=O)Nc1ccc(C(N)c2ccccc2)cc1N. The van der Waals surface area contributed by atoms with Crippen molar-refractivity contribution in [1.29, 1.82) is 0 Å². The molecule has 5 nitrogen and oxygen atoms in total. The summed E-state index contributed by atoms with van der Waals surface area (Å²) in [6.45, 7) is 2.05. The number of hydrogen-bond acceptors (Lipinski definition) is 4. The molecule has 0 aliphatic carbocycles. The molecule has 0 spiro atoms. The summed E-state index contributed by atoms with van der Waals surface area (Å²) in [4.78, 5) is 11.4. The maximum Gasteiger partial charge on any atom is 0.411 e. The molecule has 0 saturated carbocycles. The molecule has 2 aromatic rings. The maximum atomic E-state index is 11.4. The Hall–Kier alpha value is -2.53. The van der Waals surface area contributed by atoms with Gasteiger partial charge in [0.15, 0.2) is 0 Å². The summed E-state index contributed by atoms with van der Waals surface area (Å²) in [5.41, 5.74) is 15.0. The highest BCUT2D eigenvalue weighted by atomic mass is 16.5. The van der Waals surface area contributed by atoms with Crippen LogP contribution in [0.1, 0.15) is 24.1 Å². The third kappa shape index (κ3) is 3.73. The monoisotopic (exact) mass is 285 g/mol. The van der Waals surface area contributed by atoms with E-state index in [2.05, 4.69) is 5.32 Å². The van der Waals surface area contributed by atoms with Crippen LogP contribution >= 0.6 is 0 Å². The van der Waals surface area contributed by atoms with Crippen LogP contribution in [-0.4, -0.2) is 12.7 Å². The Kier molecular flexibility index (Phi) is 4.79. The summed E-state index contributed by atoms with van der Waals surface area (Å²) < 4.78 is 4.82. The van der Waals surface area contributed by atoms with E-state index in [1.807, 2.05) is 36.4 Å². The molecule has 0 aliphatic heterocycles. The lowest BCUT2D eigenvalue weighted by molar-refractivity contribution is 0.168. The predicted octanol–water partition coefficient (Wildman–Crippen LogP) is 2.89. The average molecular weight is 285 g/mol. The van der Waals surface area contributed by atoms with Crippen molar-refractivity contribution in [3.8, 4) is 0 Å². The number of carbonyl (C=O) groups is 1. The van der Waals surface area contributed by atoms with Crippen molar-refractivity contribution in [2.45, 2.75) is 13.0 Å². The zero-order valence-corrected chi connectivity index (χ0v) is 11.9. The summed E-state index contributed by atoms with van der Waals surface area (Å²) >= 11 is 0. The van der Waals surface area contributed by atoms with Crippen molar-refractivity contribution in [2.24, 2.45) is 5.73 Å². The topological polar surface area (TPSA) is 90.4 Å². The first-order chi connectivity index (χ1) is 10.1. The van der Waals surface area contributed by atoms with E-state index in [0.717, 1.165) is 11.1 Å². The first kappa shape index (κ1) is 14.9. The van der Waals surface area contributed by atoms with Gasteiger partial charge in [-0.25, -0.2) is 4.79 Å². The van der Waals surface area contributed by atoms with Gasteiger partial charge < -0.3 is 16.2 Å². The van der Waals surface area contributed by atoms with Gasteiger partial charge in [0.05, 0.1) is 24.0 Å². The summed E-state index contributed by atoms with van der Waals surface area (Å²) in [7, 11) is 0. The highest BCUT2D eigenvalue weighted by Gasteiger charge is 2.11. The van der Waals surface area contributed by atoms with Crippen LogP contribution in [-0.2, 0) is 4.74 Å².